The third-order valence-corrected chi connectivity index (χ3v) is 7.71. The van der Waals surface area contributed by atoms with Crippen LogP contribution in [0.25, 0.3) is 6.08 Å². The van der Waals surface area contributed by atoms with Gasteiger partial charge in [0.25, 0.3) is 14.6 Å². The van der Waals surface area contributed by atoms with Crippen molar-refractivity contribution in [3.63, 3.8) is 0 Å². The van der Waals surface area contributed by atoms with Gasteiger partial charge in [0.15, 0.2) is 5.76 Å². The maximum absolute atomic E-state index is 11.0. The summed E-state index contributed by atoms with van der Waals surface area (Å²) in [5.74, 6) is 0.299. The lowest BCUT2D eigenvalue weighted by molar-refractivity contribution is 0.402. The van der Waals surface area contributed by atoms with E-state index in [-0.39, 0.29) is 5.04 Å². The second-order valence-electron chi connectivity index (χ2n) is 5.88. The first-order chi connectivity index (χ1) is 8.26. The number of hydrogen-bond donors (Lipinski definition) is 0. The van der Waals surface area contributed by atoms with Crippen LogP contribution in [-0.4, -0.2) is 14.6 Å². The van der Waals surface area contributed by atoms with Gasteiger partial charge in [0.1, 0.15) is 0 Å². The van der Waals surface area contributed by atoms with E-state index in [1.165, 1.54) is 0 Å². The molecule has 18 heavy (non-hydrogen) atoms. The molecule has 0 aliphatic heterocycles. The summed E-state index contributed by atoms with van der Waals surface area (Å²) in [5.41, 5.74) is 0.953. The molecule has 0 N–H and O–H groups in total. The molecular formula is C15H21O2Si. The van der Waals surface area contributed by atoms with E-state index in [4.69, 9.17) is 4.43 Å². The van der Waals surface area contributed by atoms with Gasteiger partial charge in [-0.05, 0) is 29.8 Å². The molecule has 1 aromatic rings. The molecule has 1 radical (unpaired) electrons. The molecule has 0 spiro atoms. The van der Waals surface area contributed by atoms with Gasteiger partial charge < -0.3 is 4.43 Å². The highest BCUT2D eigenvalue weighted by Gasteiger charge is 2.39. The molecule has 0 bridgehead atoms. The van der Waals surface area contributed by atoms with Crippen molar-refractivity contribution in [2.75, 3.05) is 0 Å². The van der Waals surface area contributed by atoms with E-state index < -0.39 is 8.32 Å². The molecular weight excluding hydrogens is 240 g/mol. The fourth-order valence-corrected chi connectivity index (χ4v) is 2.16. The van der Waals surface area contributed by atoms with Crippen LogP contribution in [0.1, 0.15) is 26.3 Å². The molecule has 0 atom stereocenters. The van der Waals surface area contributed by atoms with Gasteiger partial charge in [-0.15, -0.1) is 0 Å². The molecule has 0 heterocycles. The Balaban J connectivity index is 2.93. The predicted molar refractivity (Wildman–Crippen MR) is 78.4 cm³/mol. The zero-order chi connectivity index (χ0) is 13.8. The summed E-state index contributed by atoms with van der Waals surface area (Å²) < 4.78 is 5.93. The van der Waals surface area contributed by atoms with Gasteiger partial charge in [-0.1, -0.05) is 51.1 Å². The fourth-order valence-electron chi connectivity index (χ4n) is 1.21. The van der Waals surface area contributed by atoms with Crippen molar-refractivity contribution < 1.29 is 9.22 Å². The van der Waals surface area contributed by atoms with Crippen molar-refractivity contribution >= 4 is 20.7 Å². The van der Waals surface area contributed by atoms with E-state index >= 15 is 0 Å². The molecule has 0 saturated carbocycles. The normalized spacial score (nSPS) is 13.3. The van der Waals surface area contributed by atoms with Gasteiger partial charge in [0.2, 0.25) is 0 Å². The van der Waals surface area contributed by atoms with Crippen molar-refractivity contribution in [2.45, 2.75) is 38.9 Å². The first-order valence-corrected chi connectivity index (χ1v) is 9.01. The predicted octanol–water partition coefficient (Wildman–Crippen LogP) is 4.16. The van der Waals surface area contributed by atoms with Gasteiger partial charge in [0.05, 0.1) is 0 Å². The minimum atomic E-state index is -1.97. The van der Waals surface area contributed by atoms with E-state index in [0.717, 1.165) is 5.56 Å². The lowest BCUT2D eigenvalue weighted by atomic mass is 10.2. The molecule has 3 heteroatoms. The number of hydrogen-bond acceptors (Lipinski definition) is 2. The third-order valence-electron chi connectivity index (χ3n) is 3.37. The number of rotatable bonds is 4. The minimum absolute atomic E-state index is 0.0691. The Hall–Kier alpha value is -1.35. The van der Waals surface area contributed by atoms with Crippen LogP contribution in [0.4, 0.5) is 0 Å². The van der Waals surface area contributed by atoms with Gasteiger partial charge in [-0.3, -0.25) is 4.79 Å². The number of benzene rings is 1. The minimum Gasteiger partial charge on any atom is -0.541 e. The van der Waals surface area contributed by atoms with Gasteiger partial charge in [0, 0.05) is 0 Å². The van der Waals surface area contributed by atoms with Gasteiger partial charge in [-0.2, -0.15) is 0 Å². The quantitative estimate of drug-likeness (QED) is 0.462. The summed E-state index contributed by atoms with van der Waals surface area (Å²) in [6.45, 7) is 10.7. The monoisotopic (exact) mass is 261 g/mol. The Kier molecular flexibility index (Phi) is 4.51. The summed E-state index contributed by atoms with van der Waals surface area (Å²) in [4.78, 5) is 11.0. The highest BCUT2D eigenvalue weighted by atomic mass is 28.4. The lowest BCUT2D eigenvalue weighted by Crippen LogP contribution is -2.40. The Morgan fingerprint density at radius 3 is 2.22 bits per heavy atom. The Morgan fingerprint density at radius 2 is 1.78 bits per heavy atom. The van der Waals surface area contributed by atoms with Gasteiger partial charge in [-0.25, -0.2) is 0 Å². The van der Waals surface area contributed by atoms with Crippen LogP contribution in [0.5, 0.6) is 0 Å². The summed E-state index contributed by atoms with van der Waals surface area (Å²) in [6.07, 6.45) is 3.65. The van der Waals surface area contributed by atoms with E-state index in [2.05, 4.69) is 33.9 Å². The fraction of sp³-hybridized carbons (Fsp3) is 0.400. The molecule has 0 amide bonds. The Bertz CT molecular complexity index is 428. The lowest BCUT2D eigenvalue weighted by Gasteiger charge is -2.36. The first-order valence-electron chi connectivity index (χ1n) is 6.10. The molecule has 1 aromatic carbocycles. The summed E-state index contributed by atoms with van der Waals surface area (Å²) in [6, 6.07) is 9.68. The third kappa shape index (κ3) is 3.84. The molecule has 0 unspecified atom stereocenters. The van der Waals surface area contributed by atoms with Crippen molar-refractivity contribution in [3.05, 3.63) is 41.7 Å². The van der Waals surface area contributed by atoms with Crippen LogP contribution in [-0.2, 0) is 9.22 Å². The van der Waals surface area contributed by atoms with Crippen molar-refractivity contribution in [1.29, 1.82) is 0 Å². The SMILES string of the molecule is CC(C)(C)[Si](C)(C)OC([C]=O)=Cc1ccccc1. The average molecular weight is 261 g/mol. The largest absolute Gasteiger partial charge is 0.541 e. The van der Waals surface area contributed by atoms with Gasteiger partial charge >= 0.3 is 0 Å². The molecule has 0 aromatic heterocycles. The van der Waals surface area contributed by atoms with Crippen LogP contribution in [0, 0.1) is 0 Å². The summed E-state index contributed by atoms with van der Waals surface area (Å²) in [7, 11) is -1.97. The summed E-state index contributed by atoms with van der Waals surface area (Å²) >= 11 is 0. The zero-order valence-corrected chi connectivity index (χ0v) is 12.8. The molecule has 0 fully saturated rings. The van der Waals surface area contributed by atoms with Crippen LogP contribution in [0.2, 0.25) is 18.1 Å². The molecule has 2 nitrogen and oxygen atoms in total. The highest BCUT2D eigenvalue weighted by Crippen LogP contribution is 2.37. The Labute approximate surface area is 111 Å². The van der Waals surface area contributed by atoms with E-state index in [0.29, 0.717) is 5.76 Å². The van der Waals surface area contributed by atoms with E-state index in [1.807, 2.05) is 36.6 Å². The highest BCUT2D eigenvalue weighted by molar-refractivity contribution is 6.74. The summed E-state index contributed by atoms with van der Waals surface area (Å²) in [5, 5.41) is 0.0691. The molecule has 0 saturated heterocycles. The van der Waals surface area contributed by atoms with Crippen molar-refractivity contribution in [1.82, 2.24) is 0 Å². The second kappa shape index (κ2) is 5.53. The standard InChI is InChI=1S/C15H21O2Si/c1-15(2,3)18(4,5)17-14(12-16)11-13-9-7-6-8-10-13/h6-11H,1-5H3. The van der Waals surface area contributed by atoms with E-state index in [9.17, 15) is 4.79 Å². The maximum atomic E-state index is 11.0. The smallest absolute Gasteiger partial charge is 0.269 e. The molecule has 0 aliphatic rings. The maximum Gasteiger partial charge on any atom is 0.269 e. The van der Waals surface area contributed by atoms with Crippen LogP contribution < -0.4 is 0 Å². The molecule has 97 valence electrons. The van der Waals surface area contributed by atoms with Crippen LogP contribution in [0.3, 0.4) is 0 Å². The second-order valence-corrected chi connectivity index (χ2v) is 10.6. The van der Waals surface area contributed by atoms with Crippen LogP contribution in [0.15, 0.2) is 36.1 Å². The van der Waals surface area contributed by atoms with Crippen molar-refractivity contribution in [2.24, 2.45) is 0 Å². The topological polar surface area (TPSA) is 26.3 Å². The first kappa shape index (κ1) is 14.7. The van der Waals surface area contributed by atoms with Crippen LogP contribution >= 0.6 is 0 Å². The molecule has 1 rings (SSSR count). The number of carbonyl (C=O) groups excluding carboxylic acids is 1. The van der Waals surface area contributed by atoms with E-state index in [1.54, 1.807) is 6.08 Å². The average Bonchev–Trinajstić information content (AvgIpc) is 2.27. The Morgan fingerprint density at radius 1 is 1.22 bits per heavy atom. The molecule has 0 aliphatic carbocycles. The van der Waals surface area contributed by atoms with Crippen molar-refractivity contribution in [3.8, 4) is 0 Å². The zero-order valence-electron chi connectivity index (χ0n) is 11.8. The number of allylic oxidation sites excluding steroid dienone is 1.